The highest BCUT2D eigenvalue weighted by Gasteiger charge is 2.33. The molecule has 4 rings (SSSR count). The van der Waals surface area contributed by atoms with Crippen molar-refractivity contribution >= 4 is 26.7 Å². The molecule has 0 unspecified atom stereocenters. The smallest absolute Gasteiger partial charge is 0.243 e. The van der Waals surface area contributed by atoms with E-state index in [1.54, 1.807) is 12.1 Å². The number of sulfonamides is 1. The highest BCUT2D eigenvalue weighted by atomic mass is 32.2. The van der Waals surface area contributed by atoms with Gasteiger partial charge in [-0.25, -0.2) is 8.42 Å². The molecule has 7 heteroatoms. The normalized spacial score (nSPS) is 20.2. The van der Waals surface area contributed by atoms with E-state index in [9.17, 15) is 13.2 Å². The molecular formula is C24H33N3O3S. The first kappa shape index (κ1) is 22.2. The van der Waals surface area contributed by atoms with Gasteiger partial charge in [0.2, 0.25) is 15.9 Å². The van der Waals surface area contributed by atoms with E-state index >= 15 is 0 Å². The molecule has 0 saturated carbocycles. The number of hydrogen-bond donors (Lipinski definition) is 1. The van der Waals surface area contributed by atoms with Crippen molar-refractivity contribution in [3.8, 4) is 0 Å². The average molecular weight is 444 g/mol. The lowest BCUT2D eigenvalue weighted by molar-refractivity contribution is -0.127. The highest BCUT2D eigenvalue weighted by molar-refractivity contribution is 7.89. The van der Waals surface area contributed by atoms with Crippen LogP contribution in [0.25, 0.3) is 10.8 Å². The van der Waals surface area contributed by atoms with Crippen LogP contribution < -0.4 is 5.32 Å². The first-order chi connectivity index (χ1) is 15.0. The molecule has 6 nitrogen and oxygen atoms in total. The summed E-state index contributed by atoms with van der Waals surface area (Å²) in [7, 11) is -3.55. The number of amides is 1. The Morgan fingerprint density at radius 1 is 0.968 bits per heavy atom. The summed E-state index contributed by atoms with van der Waals surface area (Å²) in [6.07, 6.45) is 4.32. The zero-order valence-electron chi connectivity index (χ0n) is 18.3. The molecule has 1 N–H and O–H groups in total. The summed E-state index contributed by atoms with van der Waals surface area (Å²) >= 11 is 0. The summed E-state index contributed by atoms with van der Waals surface area (Å²) in [5.74, 6) is -0.00609. The van der Waals surface area contributed by atoms with Crippen LogP contribution in [0.4, 0.5) is 0 Å². The summed E-state index contributed by atoms with van der Waals surface area (Å²) < 4.78 is 27.8. The van der Waals surface area contributed by atoms with Crippen LogP contribution >= 0.6 is 0 Å². The highest BCUT2D eigenvalue weighted by Crippen LogP contribution is 2.26. The van der Waals surface area contributed by atoms with Crippen LogP contribution in [0, 0.1) is 5.92 Å². The van der Waals surface area contributed by atoms with Gasteiger partial charge in [-0.3, -0.25) is 4.79 Å². The monoisotopic (exact) mass is 443 g/mol. The predicted molar refractivity (Wildman–Crippen MR) is 123 cm³/mol. The van der Waals surface area contributed by atoms with Crippen molar-refractivity contribution < 1.29 is 13.2 Å². The summed E-state index contributed by atoms with van der Waals surface area (Å²) in [5.41, 5.74) is 0. The molecule has 0 aliphatic carbocycles. The third-order valence-electron chi connectivity index (χ3n) is 6.66. The van der Waals surface area contributed by atoms with Gasteiger partial charge in [-0.2, -0.15) is 4.31 Å². The Hall–Kier alpha value is -1.96. The summed E-state index contributed by atoms with van der Waals surface area (Å²) in [4.78, 5) is 15.5. The average Bonchev–Trinajstić information content (AvgIpc) is 2.80. The molecule has 2 aromatic rings. The molecule has 2 heterocycles. The molecule has 2 aliphatic heterocycles. The second-order valence-corrected chi connectivity index (χ2v) is 10.7. The number of nitrogens with zero attached hydrogens (tertiary/aromatic N) is 2. The fourth-order valence-corrected chi connectivity index (χ4v) is 6.28. The van der Waals surface area contributed by atoms with E-state index in [1.807, 2.05) is 30.3 Å². The minimum Gasteiger partial charge on any atom is -0.353 e. The van der Waals surface area contributed by atoms with Gasteiger partial charge in [0.05, 0.1) is 4.90 Å². The molecule has 2 aliphatic rings. The number of hydrogen-bond acceptors (Lipinski definition) is 4. The Kier molecular flexibility index (Phi) is 6.94. The van der Waals surface area contributed by atoms with Gasteiger partial charge in [-0.05, 0) is 61.6 Å². The number of benzene rings is 2. The first-order valence-corrected chi connectivity index (χ1v) is 12.9. The number of fused-ring (bicyclic) bond motifs is 1. The Bertz CT molecular complexity index is 1010. The molecule has 0 atom stereocenters. The van der Waals surface area contributed by atoms with Crippen molar-refractivity contribution in [1.82, 2.24) is 14.5 Å². The molecule has 1 amide bonds. The quantitative estimate of drug-likeness (QED) is 0.744. The number of nitrogens with one attached hydrogen (secondary N) is 1. The maximum atomic E-state index is 13.1. The lowest BCUT2D eigenvalue weighted by atomic mass is 9.96. The van der Waals surface area contributed by atoms with Gasteiger partial charge in [-0.15, -0.1) is 0 Å². The van der Waals surface area contributed by atoms with Crippen molar-refractivity contribution in [3.05, 3.63) is 42.5 Å². The molecule has 2 saturated heterocycles. The van der Waals surface area contributed by atoms with Crippen LogP contribution in [0.2, 0.25) is 0 Å². The summed E-state index contributed by atoms with van der Waals surface area (Å²) in [6.45, 7) is 6.19. The Morgan fingerprint density at radius 2 is 1.65 bits per heavy atom. The van der Waals surface area contributed by atoms with Gasteiger partial charge in [0.25, 0.3) is 0 Å². The number of likely N-dealkylation sites (tertiary alicyclic amines) is 1. The molecule has 0 bridgehead atoms. The largest absolute Gasteiger partial charge is 0.353 e. The van der Waals surface area contributed by atoms with Gasteiger partial charge < -0.3 is 10.2 Å². The zero-order valence-corrected chi connectivity index (χ0v) is 19.1. The summed E-state index contributed by atoms with van der Waals surface area (Å²) in [5, 5.41) is 5.17. The molecule has 0 aromatic heterocycles. The van der Waals surface area contributed by atoms with Crippen LogP contribution in [-0.2, 0) is 14.8 Å². The van der Waals surface area contributed by atoms with Crippen LogP contribution in [0.3, 0.4) is 0 Å². The Labute approximate surface area is 185 Å². The van der Waals surface area contributed by atoms with Crippen molar-refractivity contribution in [2.75, 3.05) is 32.7 Å². The lowest BCUT2D eigenvalue weighted by Crippen LogP contribution is -2.48. The number of rotatable bonds is 6. The minimum absolute atomic E-state index is 0.0942. The maximum Gasteiger partial charge on any atom is 0.243 e. The van der Waals surface area contributed by atoms with E-state index in [0.717, 1.165) is 49.7 Å². The third-order valence-corrected chi connectivity index (χ3v) is 8.55. The molecule has 31 heavy (non-hydrogen) atoms. The van der Waals surface area contributed by atoms with Gasteiger partial charge in [0.1, 0.15) is 0 Å². The number of piperidine rings is 2. The predicted octanol–water partition coefficient (Wildman–Crippen LogP) is 3.23. The van der Waals surface area contributed by atoms with E-state index in [4.69, 9.17) is 0 Å². The molecule has 0 spiro atoms. The Balaban J connectivity index is 1.32. The minimum atomic E-state index is -3.55. The molecule has 2 fully saturated rings. The van der Waals surface area contributed by atoms with E-state index in [0.29, 0.717) is 30.8 Å². The van der Waals surface area contributed by atoms with E-state index in [2.05, 4.69) is 17.1 Å². The van der Waals surface area contributed by atoms with Crippen LogP contribution in [0.5, 0.6) is 0 Å². The van der Waals surface area contributed by atoms with Gasteiger partial charge in [0, 0.05) is 38.1 Å². The standard InChI is InChI=1S/C24H33N3O3S/c1-2-13-26-14-11-22(12-15-26)25-24(28)20-9-16-27(17-10-20)31(29,30)23-8-7-19-5-3-4-6-21(19)18-23/h3-8,18,20,22H,2,9-17H2,1H3,(H,25,28). The first-order valence-electron chi connectivity index (χ1n) is 11.5. The van der Waals surface area contributed by atoms with E-state index in [-0.39, 0.29) is 17.9 Å². The van der Waals surface area contributed by atoms with Crippen molar-refractivity contribution in [2.24, 2.45) is 5.92 Å². The fourth-order valence-electron chi connectivity index (χ4n) is 4.77. The number of carbonyl (C=O) groups excluding carboxylic acids is 1. The van der Waals surface area contributed by atoms with Crippen molar-refractivity contribution in [2.45, 2.75) is 50.0 Å². The van der Waals surface area contributed by atoms with Crippen molar-refractivity contribution in [3.63, 3.8) is 0 Å². The topological polar surface area (TPSA) is 69.7 Å². The second-order valence-electron chi connectivity index (χ2n) is 8.81. The van der Waals surface area contributed by atoms with Crippen LogP contribution in [-0.4, -0.2) is 62.3 Å². The lowest BCUT2D eigenvalue weighted by Gasteiger charge is -2.34. The summed E-state index contributed by atoms with van der Waals surface area (Å²) in [6, 6.07) is 13.3. The SMILES string of the molecule is CCCN1CCC(NC(=O)C2CCN(S(=O)(=O)c3ccc4ccccc4c3)CC2)CC1. The fraction of sp³-hybridized carbons (Fsp3) is 0.542. The van der Waals surface area contributed by atoms with Gasteiger partial charge >= 0.3 is 0 Å². The van der Waals surface area contributed by atoms with E-state index < -0.39 is 10.0 Å². The van der Waals surface area contributed by atoms with Gasteiger partial charge in [0.15, 0.2) is 0 Å². The second kappa shape index (κ2) is 9.67. The molecular weight excluding hydrogens is 410 g/mol. The Morgan fingerprint density at radius 3 is 2.32 bits per heavy atom. The molecule has 0 radical (unpaired) electrons. The molecule has 168 valence electrons. The van der Waals surface area contributed by atoms with Gasteiger partial charge in [-0.1, -0.05) is 37.3 Å². The third kappa shape index (κ3) is 5.10. The zero-order chi connectivity index (χ0) is 21.8. The van der Waals surface area contributed by atoms with Crippen LogP contribution in [0.15, 0.2) is 47.4 Å². The van der Waals surface area contributed by atoms with Crippen LogP contribution in [0.1, 0.15) is 39.0 Å². The number of carbonyl (C=O) groups is 1. The molecule has 2 aromatic carbocycles. The van der Waals surface area contributed by atoms with E-state index in [1.165, 1.54) is 4.31 Å². The van der Waals surface area contributed by atoms with Crippen molar-refractivity contribution in [1.29, 1.82) is 0 Å². The maximum absolute atomic E-state index is 13.1.